The van der Waals surface area contributed by atoms with Crippen molar-refractivity contribution in [3.05, 3.63) is 82.9 Å². The van der Waals surface area contributed by atoms with Gasteiger partial charge in [-0.15, -0.1) is 0 Å². The van der Waals surface area contributed by atoms with Gasteiger partial charge in [0.2, 0.25) is 5.91 Å². The van der Waals surface area contributed by atoms with E-state index in [4.69, 9.17) is 16.3 Å². The van der Waals surface area contributed by atoms with Gasteiger partial charge in [0.15, 0.2) is 0 Å². The molecule has 0 aliphatic rings. The number of carbonyl (C=O) groups excluding carboxylic acids is 1. The molecule has 2 N–H and O–H groups in total. The van der Waals surface area contributed by atoms with Gasteiger partial charge in [0.25, 0.3) is 10.0 Å². The molecule has 1 amide bonds. The van der Waals surface area contributed by atoms with Crippen LogP contribution < -0.4 is 14.8 Å². The SMILES string of the molecule is COc1ccc(CCC(=O)Nc2ccc(NS(=O)(=O)c3ccc(C)cc3)cc2)cc1Cl. The van der Waals surface area contributed by atoms with Crippen LogP contribution >= 0.6 is 11.6 Å². The normalized spacial score (nSPS) is 11.1. The van der Waals surface area contributed by atoms with Crippen LogP contribution in [0.2, 0.25) is 5.02 Å². The van der Waals surface area contributed by atoms with Gasteiger partial charge < -0.3 is 10.1 Å². The van der Waals surface area contributed by atoms with Crippen molar-refractivity contribution in [3.63, 3.8) is 0 Å². The Kier molecular flexibility index (Phi) is 7.20. The highest BCUT2D eigenvalue weighted by atomic mass is 35.5. The Balaban J connectivity index is 1.55. The Morgan fingerprint density at radius 2 is 1.61 bits per heavy atom. The quantitative estimate of drug-likeness (QED) is 0.495. The Bertz CT molecular complexity index is 1160. The summed E-state index contributed by atoms with van der Waals surface area (Å²) in [7, 11) is -2.12. The molecule has 8 heteroatoms. The number of methoxy groups -OCH3 is 1. The summed E-state index contributed by atoms with van der Waals surface area (Å²) in [6.07, 6.45) is 0.814. The van der Waals surface area contributed by atoms with Gasteiger partial charge in [-0.25, -0.2) is 8.42 Å². The van der Waals surface area contributed by atoms with Crippen molar-refractivity contribution >= 4 is 38.9 Å². The lowest BCUT2D eigenvalue weighted by molar-refractivity contribution is -0.116. The minimum absolute atomic E-state index is 0.153. The number of nitrogens with one attached hydrogen (secondary N) is 2. The summed E-state index contributed by atoms with van der Waals surface area (Å²) in [6.45, 7) is 1.89. The van der Waals surface area contributed by atoms with Crippen molar-refractivity contribution in [2.75, 3.05) is 17.1 Å². The van der Waals surface area contributed by atoms with Gasteiger partial charge >= 0.3 is 0 Å². The average Bonchev–Trinajstić information content (AvgIpc) is 2.74. The fourth-order valence-corrected chi connectivity index (χ4v) is 4.24. The third-order valence-corrected chi connectivity index (χ3v) is 6.30. The van der Waals surface area contributed by atoms with Crippen molar-refractivity contribution in [1.29, 1.82) is 0 Å². The summed E-state index contributed by atoms with van der Waals surface area (Å²) in [6, 6.07) is 18.5. The molecule has 0 heterocycles. The minimum Gasteiger partial charge on any atom is -0.495 e. The van der Waals surface area contributed by atoms with E-state index < -0.39 is 10.0 Å². The van der Waals surface area contributed by atoms with Crippen LogP contribution in [-0.2, 0) is 21.2 Å². The molecule has 0 fully saturated rings. The topological polar surface area (TPSA) is 84.5 Å². The maximum atomic E-state index is 12.5. The average molecular weight is 459 g/mol. The first-order chi connectivity index (χ1) is 14.8. The van der Waals surface area contributed by atoms with E-state index in [9.17, 15) is 13.2 Å². The molecular formula is C23H23ClN2O4S. The third kappa shape index (κ3) is 6.23. The van der Waals surface area contributed by atoms with Gasteiger partial charge in [0.05, 0.1) is 17.0 Å². The van der Waals surface area contributed by atoms with Crippen molar-refractivity contribution in [1.82, 2.24) is 0 Å². The van der Waals surface area contributed by atoms with Gasteiger partial charge in [0, 0.05) is 17.8 Å². The number of halogens is 1. The number of ether oxygens (including phenoxy) is 1. The summed E-state index contributed by atoms with van der Waals surface area (Å²) in [5.41, 5.74) is 2.90. The lowest BCUT2D eigenvalue weighted by Crippen LogP contribution is -2.14. The van der Waals surface area contributed by atoms with Crippen LogP contribution in [0.3, 0.4) is 0 Å². The van der Waals surface area contributed by atoms with E-state index >= 15 is 0 Å². The van der Waals surface area contributed by atoms with Crippen molar-refractivity contribution in [2.24, 2.45) is 0 Å². The lowest BCUT2D eigenvalue weighted by Gasteiger charge is -2.10. The van der Waals surface area contributed by atoms with Crippen LogP contribution in [0.1, 0.15) is 17.5 Å². The summed E-state index contributed by atoms with van der Waals surface area (Å²) in [5, 5.41) is 3.31. The highest BCUT2D eigenvalue weighted by Gasteiger charge is 2.14. The van der Waals surface area contributed by atoms with E-state index in [0.29, 0.717) is 28.6 Å². The van der Waals surface area contributed by atoms with Crippen LogP contribution in [0, 0.1) is 6.92 Å². The minimum atomic E-state index is -3.67. The van der Waals surface area contributed by atoms with E-state index in [1.165, 1.54) is 0 Å². The maximum absolute atomic E-state index is 12.5. The van der Waals surface area contributed by atoms with Gasteiger partial charge in [-0.2, -0.15) is 0 Å². The van der Waals surface area contributed by atoms with Crippen molar-refractivity contribution in [2.45, 2.75) is 24.7 Å². The van der Waals surface area contributed by atoms with Crippen molar-refractivity contribution < 1.29 is 17.9 Å². The number of carbonyl (C=O) groups is 1. The molecule has 0 aliphatic carbocycles. The highest BCUT2D eigenvalue weighted by Crippen LogP contribution is 2.25. The summed E-state index contributed by atoms with van der Waals surface area (Å²) in [5.74, 6) is 0.438. The fraction of sp³-hybridized carbons (Fsp3) is 0.174. The maximum Gasteiger partial charge on any atom is 0.261 e. The van der Waals surface area contributed by atoms with Crippen LogP contribution in [0.15, 0.2) is 71.6 Å². The molecule has 0 aromatic heterocycles. The zero-order valence-corrected chi connectivity index (χ0v) is 18.8. The van der Waals surface area contributed by atoms with Crippen molar-refractivity contribution in [3.8, 4) is 5.75 Å². The monoisotopic (exact) mass is 458 g/mol. The molecular weight excluding hydrogens is 436 g/mol. The third-order valence-electron chi connectivity index (χ3n) is 4.61. The van der Waals surface area contributed by atoms with Gasteiger partial charge in [-0.3, -0.25) is 9.52 Å². The smallest absolute Gasteiger partial charge is 0.261 e. The van der Waals surface area contributed by atoms with Crippen LogP contribution in [-0.4, -0.2) is 21.4 Å². The van der Waals surface area contributed by atoms with Gasteiger partial charge in [-0.1, -0.05) is 35.4 Å². The number of amides is 1. The van der Waals surface area contributed by atoms with Gasteiger partial charge in [-0.05, 0) is 67.4 Å². The molecule has 6 nitrogen and oxygen atoms in total. The number of benzene rings is 3. The van der Waals surface area contributed by atoms with Gasteiger partial charge in [0.1, 0.15) is 5.75 Å². The number of anilines is 2. The molecule has 3 aromatic rings. The zero-order valence-electron chi connectivity index (χ0n) is 17.2. The molecule has 0 radical (unpaired) electrons. The number of hydrogen-bond acceptors (Lipinski definition) is 4. The van der Waals surface area contributed by atoms with Crippen LogP contribution in [0.5, 0.6) is 5.75 Å². The predicted octanol–water partition coefficient (Wildman–Crippen LogP) is 5.03. The number of hydrogen-bond donors (Lipinski definition) is 2. The second kappa shape index (κ2) is 9.85. The van der Waals surface area contributed by atoms with E-state index in [0.717, 1.165) is 11.1 Å². The van der Waals surface area contributed by atoms with Crippen LogP contribution in [0.4, 0.5) is 11.4 Å². The molecule has 0 bridgehead atoms. The molecule has 162 valence electrons. The largest absolute Gasteiger partial charge is 0.495 e. The van der Waals surface area contributed by atoms with E-state index in [2.05, 4.69) is 10.0 Å². The molecule has 3 rings (SSSR count). The molecule has 0 atom stereocenters. The fourth-order valence-electron chi connectivity index (χ4n) is 2.90. The lowest BCUT2D eigenvalue weighted by atomic mass is 10.1. The second-order valence-corrected chi connectivity index (χ2v) is 9.10. The second-order valence-electron chi connectivity index (χ2n) is 7.01. The Labute approximate surface area is 187 Å². The standard InChI is InChI=1S/C23H23ClN2O4S/c1-16-3-11-20(12-4-16)31(28,29)26-19-9-7-18(8-10-19)25-23(27)14-6-17-5-13-22(30-2)21(24)15-17/h3-5,7-13,15,26H,6,14H2,1-2H3,(H,25,27). The molecule has 0 unspecified atom stereocenters. The highest BCUT2D eigenvalue weighted by molar-refractivity contribution is 7.92. The van der Waals surface area contributed by atoms with Crippen LogP contribution in [0.25, 0.3) is 0 Å². The first-order valence-electron chi connectivity index (χ1n) is 9.58. The summed E-state index contributed by atoms with van der Waals surface area (Å²) in [4.78, 5) is 12.4. The first kappa shape index (κ1) is 22.7. The molecule has 3 aromatic carbocycles. The molecule has 0 spiro atoms. The van der Waals surface area contributed by atoms with E-state index in [1.807, 2.05) is 13.0 Å². The number of aryl methyl sites for hydroxylation is 2. The Hall–Kier alpha value is -3.03. The predicted molar refractivity (Wildman–Crippen MR) is 123 cm³/mol. The summed E-state index contributed by atoms with van der Waals surface area (Å²) >= 11 is 6.11. The molecule has 31 heavy (non-hydrogen) atoms. The molecule has 0 saturated heterocycles. The Morgan fingerprint density at radius 1 is 0.968 bits per heavy atom. The molecule has 0 aliphatic heterocycles. The molecule has 0 saturated carbocycles. The number of sulfonamides is 1. The zero-order chi connectivity index (χ0) is 22.4. The number of rotatable bonds is 8. The van der Waals surface area contributed by atoms with E-state index in [1.54, 1.807) is 67.8 Å². The van der Waals surface area contributed by atoms with E-state index in [-0.39, 0.29) is 17.2 Å². The first-order valence-corrected chi connectivity index (χ1v) is 11.4. The summed E-state index contributed by atoms with van der Waals surface area (Å²) < 4.78 is 32.6. The Morgan fingerprint density at radius 3 is 2.23 bits per heavy atom.